The number of nitrogens with zero attached hydrogens (tertiary/aromatic N) is 2. The van der Waals surface area contributed by atoms with Crippen molar-refractivity contribution in [1.29, 1.82) is 0 Å². The van der Waals surface area contributed by atoms with Crippen molar-refractivity contribution in [2.24, 2.45) is 0 Å². The number of benzene rings is 3. The fraction of sp³-hybridized carbons (Fsp3) is 0.0800. The largest absolute Gasteiger partial charge is 0.292 e. The molecule has 164 valence electrons. The fourth-order valence-corrected chi connectivity index (χ4v) is 6.52. The van der Waals surface area contributed by atoms with Gasteiger partial charge in [0.25, 0.3) is 5.91 Å². The van der Waals surface area contributed by atoms with Gasteiger partial charge in [-0.1, -0.05) is 88.1 Å². The van der Waals surface area contributed by atoms with Gasteiger partial charge in [0.2, 0.25) is 5.91 Å². The minimum Gasteiger partial charge on any atom is -0.292 e. The van der Waals surface area contributed by atoms with Crippen molar-refractivity contribution < 1.29 is 9.59 Å². The Morgan fingerprint density at radius 1 is 0.939 bits per heavy atom. The first kappa shape index (κ1) is 22.4. The van der Waals surface area contributed by atoms with Crippen LogP contribution in [-0.2, 0) is 9.59 Å². The number of thiocarbonyl (C=S) groups is 1. The van der Waals surface area contributed by atoms with Crippen molar-refractivity contribution in [2.75, 3.05) is 11.4 Å². The highest BCUT2D eigenvalue weighted by molar-refractivity contribution is 9.10. The van der Waals surface area contributed by atoms with E-state index in [0.717, 1.165) is 31.2 Å². The first-order valence-corrected chi connectivity index (χ1v) is 13.0. The van der Waals surface area contributed by atoms with Crippen LogP contribution in [0.25, 0.3) is 6.08 Å². The van der Waals surface area contributed by atoms with Crippen molar-refractivity contribution in [1.82, 2.24) is 4.90 Å². The predicted octanol–water partition coefficient (Wildman–Crippen LogP) is 6.87. The van der Waals surface area contributed by atoms with Crippen LogP contribution in [0.5, 0.6) is 0 Å². The Balaban J connectivity index is 1.35. The number of hydrogen-bond acceptors (Lipinski definition) is 5. The molecular weight excluding hydrogens is 536 g/mol. The summed E-state index contributed by atoms with van der Waals surface area (Å²) >= 11 is 11.8. The molecule has 3 aromatic rings. The van der Waals surface area contributed by atoms with E-state index in [4.69, 9.17) is 12.2 Å². The molecule has 2 aliphatic heterocycles. The molecule has 2 heterocycles. The maximum atomic E-state index is 13.4. The van der Waals surface area contributed by atoms with Crippen molar-refractivity contribution in [3.05, 3.63) is 87.7 Å². The summed E-state index contributed by atoms with van der Waals surface area (Å²) < 4.78 is 1.42. The van der Waals surface area contributed by atoms with Gasteiger partial charge in [-0.3, -0.25) is 19.4 Å². The van der Waals surface area contributed by atoms with Crippen LogP contribution in [0.4, 0.5) is 11.4 Å². The van der Waals surface area contributed by atoms with Crippen molar-refractivity contribution in [2.45, 2.75) is 16.2 Å². The molecule has 0 aromatic heterocycles. The number of fused-ring (bicyclic) bond motifs is 2. The average molecular weight is 554 g/mol. The second-order valence-corrected chi connectivity index (χ2v) is 11.1. The molecule has 2 amide bonds. The zero-order valence-corrected chi connectivity index (χ0v) is 21.3. The SMILES string of the molecule is O=C1/C(=C/c2cccc(Br)c2)SC(=S)N1CCC(=O)N1c2ccccc2Sc2ccccc21. The lowest BCUT2D eigenvalue weighted by atomic mass is 10.2. The van der Waals surface area contributed by atoms with E-state index < -0.39 is 0 Å². The summed E-state index contributed by atoms with van der Waals surface area (Å²) in [4.78, 5) is 32.3. The summed E-state index contributed by atoms with van der Waals surface area (Å²) in [5.74, 6) is -0.229. The molecule has 0 unspecified atom stereocenters. The molecule has 3 aromatic carbocycles. The number of rotatable bonds is 4. The second kappa shape index (κ2) is 9.46. The Hall–Kier alpha value is -2.39. The smallest absolute Gasteiger partial charge is 0.266 e. The van der Waals surface area contributed by atoms with Gasteiger partial charge in [0.05, 0.1) is 16.3 Å². The third-order valence-electron chi connectivity index (χ3n) is 5.25. The molecule has 0 saturated carbocycles. The van der Waals surface area contributed by atoms with Crippen LogP contribution in [0.15, 0.2) is 92.0 Å². The number of carbonyl (C=O) groups excluding carboxylic acids is 2. The van der Waals surface area contributed by atoms with Crippen LogP contribution in [0, 0.1) is 0 Å². The lowest BCUT2D eigenvalue weighted by Gasteiger charge is -2.31. The second-order valence-electron chi connectivity index (χ2n) is 7.41. The number of amides is 2. The highest BCUT2D eigenvalue weighted by atomic mass is 79.9. The zero-order valence-electron chi connectivity index (χ0n) is 17.2. The highest BCUT2D eigenvalue weighted by Crippen LogP contribution is 2.48. The van der Waals surface area contributed by atoms with E-state index in [1.54, 1.807) is 16.7 Å². The van der Waals surface area contributed by atoms with Crippen molar-refractivity contribution >= 4 is 85.3 Å². The van der Waals surface area contributed by atoms with E-state index in [2.05, 4.69) is 15.9 Å². The lowest BCUT2D eigenvalue weighted by Crippen LogP contribution is -2.35. The van der Waals surface area contributed by atoms with Crippen LogP contribution < -0.4 is 4.90 Å². The van der Waals surface area contributed by atoms with Crippen LogP contribution in [0.2, 0.25) is 0 Å². The van der Waals surface area contributed by atoms with Crippen LogP contribution in [0.1, 0.15) is 12.0 Å². The molecule has 0 atom stereocenters. The Morgan fingerprint density at radius 3 is 2.27 bits per heavy atom. The topological polar surface area (TPSA) is 40.6 Å². The van der Waals surface area contributed by atoms with E-state index in [1.807, 2.05) is 78.9 Å². The number of halogens is 1. The molecule has 1 fully saturated rings. The predicted molar refractivity (Wildman–Crippen MR) is 143 cm³/mol. The van der Waals surface area contributed by atoms with Gasteiger partial charge in [-0.15, -0.1) is 0 Å². The highest BCUT2D eigenvalue weighted by Gasteiger charge is 2.34. The van der Waals surface area contributed by atoms with E-state index in [1.165, 1.54) is 16.7 Å². The quantitative estimate of drug-likeness (QED) is 0.261. The van der Waals surface area contributed by atoms with E-state index >= 15 is 0 Å². The molecule has 1 saturated heterocycles. The van der Waals surface area contributed by atoms with Crippen LogP contribution >= 0.6 is 51.7 Å². The molecular formula is C25H17BrN2O2S3. The van der Waals surface area contributed by atoms with Gasteiger partial charge >= 0.3 is 0 Å². The molecule has 0 bridgehead atoms. The molecule has 8 heteroatoms. The van der Waals surface area contributed by atoms with Gasteiger partial charge in [0, 0.05) is 27.2 Å². The first-order chi connectivity index (χ1) is 16.0. The molecule has 0 N–H and O–H groups in total. The minimum atomic E-state index is -0.159. The van der Waals surface area contributed by atoms with E-state index in [-0.39, 0.29) is 24.8 Å². The van der Waals surface area contributed by atoms with Crippen molar-refractivity contribution in [3.8, 4) is 0 Å². The molecule has 4 nitrogen and oxygen atoms in total. The number of para-hydroxylation sites is 2. The Morgan fingerprint density at radius 2 is 1.61 bits per heavy atom. The summed E-state index contributed by atoms with van der Waals surface area (Å²) in [6, 6.07) is 23.5. The number of anilines is 2. The van der Waals surface area contributed by atoms with Crippen LogP contribution in [-0.4, -0.2) is 27.6 Å². The Kier molecular flexibility index (Phi) is 6.42. The van der Waals surface area contributed by atoms with Gasteiger partial charge in [-0.05, 0) is 48.0 Å². The van der Waals surface area contributed by atoms with Gasteiger partial charge in [0.15, 0.2) is 0 Å². The average Bonchev–Trinajstić information content (AvgIpc) is 3.07. The number of hydrogen-bond donors (Lipinski definition) is 0. The molecule has 0 aliphatic carbocycles. The van der Waals surface area contributed by atoms with Gasteiger partial charge in [-0.2, -0.15) is 0 Å². The van der Waals surface area contributed by atoms with Gasteiger partial charge < -0.3 is 0 Å². The summed E-state index contributed by atoms with van der Waals surface area (Å²) in [6.07, 6.45) is 2.00. The minimum absolute atomic E-state index is 0.0692. The third kappa shape index (κ3) is 4.53. The zero-order chi connectivity index (χ0) is 22.9. The third-order valence-corrected chi connectivity index (χ3v) is 8.25. The fourth-order valence-electron chi connectivity index (χ4n) is 3.73. The molecule has 33 heavy (non-hydrogen) atoms. The maximum absolute atomic E-state index is 13.4. The van der Waals surface area contributed by atoms with E-state index in [9.17, 15) is 9.59 Å². The van der Waals surface area contributed by atoms with Crippen molar-refractivity contribution in [3.63, 3.8) is 0 Å². The molecule has 2 aliphatic rings. The molecule has 5 rings (SSSR count). The normalized spacial score (nSPS) is 16.2. The monoisotopic (exact) mass is 552 g/mol. The molecule has 0 spiro atoms. The maximum Gasteiger partial charge on any atom is 0.266 e. The van der Waals surface area contributed by atoms with Gasteiger partial charge in [-0.25, -0.2) is 0 Å². The summed E-state index contributed by atoms with van der Waals surface area (Å²) in [7, 11) is 0. The van der Waals surface area contributed by atoms with Gasteiger partial charge in [0.1, 0.15) is 4.32 Å². The van der Waals surface area contributed by atoms with Crippen LogP contribution in [0.3, 0.4) is 0 Å². The van der Waals surface area contributed by atoms with E-state index in [0.29, 0.717) is 9.23 Å². The first-order valence-electron chi connectivity index (χ1n) is 10.2. The number of carbonyl (C=O) groups is 2. The number of thioether (sulfide) groups is 1. The lowest BCUT2D eigenvalue weighted by molar-refractivity contribution is -0.123. The summed E-state index contributed by atoms with van der Waals surface area (Å²) in [5, 5.41) is 0. The Labute approximate surface area is 214 Å². The standard InChI is InChI=1S/C25H17BrN2O2S3/c26-17-7-5-6-16(14-17)15-22-24(30)27(25(31)33-22)13-12-23(29)28-18-8-1-3-10-20(18)32-21-11-4-2-9-19(21)28/h1-11,14-15H,12-13H2/b22-15-. The summed E-state index contributed by atoms with van der Waals surface area (Å²) in [5.41, 5.74) is 2.65. The summed E-state index contributed by atoms with van der Waals surface area (Å²) in [6.45, 7) is 0.243. The molecule has 0 radical (unpaired) electrons. The Bertz CT molecular complexity index is 1280.